The average molecular weight is 324 g/mol. The maximum Gasteiger partial charge on any atom is 0.0593 e. The summed E-state index contributed by atoms with van der Waals surface area (Å²) >= 11 is 1.80. The van der Waals surface area contributed by atoms with E-state index in [4.69, 9.17) is 4.74 Å². The Bertz CT molecular complexity index is 451. The number of hydrogen-bond donors (Lipinski definition) is 0. The molecule has 2 aliphatic heterocycles. The molecule has 0 aliphatic carbocycles. The number of likely N-dealkylation sites (tertiary alicyclic amines) is 1. The number of likely N-dealkylation sites (N-methyl/N-ethyl adjacent to an activating group) is 1. The van der Waals surface area contributed by atoms with Crippen LogP contribution >= 0.6 is 11.3 Å². The van der Waals surface area contributed by atoms with Crippen LogP contribution in [0.4, 0.5) is 0 Å². The first-order valence-corrected chi connectivity index (χ1v) is 9.28. The Hall–Kier alpha value is -0.460. The van der Waals surface area contributed by atoms with Gasteiger partial charge in [-0.15, -0.1) is 0 Å². The lowest BCUT2D eigenvalue weighted by molar-refractivity contribution is 0.0707. The van der Waals surface area contributed by atoms with Crippen LogP contribution in [0.5, 0.6) is 0 Å². The zero-order valence-electron chi connectivity index (χ0n) is 14.0. The summed E-state index contributed by atoms with van der Waals surface area (Å²) in [6.07, 6.45) is 1.28. The zero-order valence-corrected chi connectivity index (χ0v) is 14.8. The molecule has 0 N–H and O–H groups in total. The monoisotopic (exact) mass is 323 g/mol. The zero-order chi connectivity index (χ0) is 15.4. The molecule has 0 amide bonds. The van der Waals surface area contributed by atoms with Crippen LogP contribution in [0.15, 0.2) is 16.8 Å². The fraction of sp³-hybridized carbons (Fsp3) is 0.765. The van der Waals surface area contributed by atoms with Gasteiger partial charge < -0.3 is 14.5 Å². The third-order valence-electron chi connectivity index (χ3n) is 4.89. The van der Waals surface area contributed by atoms with E-state index in [1.165, 1.54) is 38.2 Å². The minimum Gasteiger partial charge on any atom is -0.379 e. The van der Waals surface area contributed by atoms with E-state index in [2.05, 4.69) is 45.6 Å². The van der Waals surface area contributed by atoms with Gasteiger partial charge in [-0.2, -0.15) is 11.3 Å². The Morgan fingerprint density at radius 1 is 1.27 bits per heavy atom. The van der Waals surface area contributed by atoms with Crippen LogP contribution in [0.2, 0.25) is 0 Å². The first-order valence-electron chi connectivity index (χ1n) is 8.34. The summed E-state index contributed by atoms with van der Waals surface area (Å²) in [7, 11) is 4.31. The quantitative estimate of drug-likeness (QED) is 0.823. The van der Waals surface area contributed by atoms with Crippen molar-refractivity contribution in [3.63, 3.8) is 0 Å². The van der Waals surface area contributed by atoms with Crippen molar-refractivity contribution in [2.45, 2.75) is 13.0 Å². The second-order valence-electron chi connectivity index (χ2n) is 7.22. The van der Waals surface area contributed by atoms with Crippen LogP contribution in [0.25, 0.3) is 0 Å². The van der Waals surface area contributed by atoms with Crippen molar-refractivity contribution in [1.29, 1.82) is 0 Å². The lowest BCUT2D eigenvalue weighted by Crippen LogP contribution is -2.41. The molecule has 3 heterocycles. The minimum absolute atomic E-state index is 0.346. The second kappa shape index (κ2) is 7.41. The topological polar surface area (TPSA) is 19.0 Å². The van der Waals surface area contributed by atoms with Gasteiger partial charge in [0.05, 0.1) is 13.2 Å². The van der Waals surface area contributed by atoms with E-state index in [1.807, 2.05) is 0 Å². The molecule has 1 spiro atoms. The highest BCUT2D eigenvalue weighted by Crippen LogP contribution is 2.33. The molecule has 22 heavy (non-hydrogen) atoms. The fourth-order valence-corrected chi connectivity index (χ4v) is 4.32. The van der Waals surface area contributed by atoms with Crippen molar-refractivity contribution in [2.75, 3.05) is 66.6 Å². The van der Waals surface area contributed by atoms with E-state index >= 15 is 0 Å². The number of nitrogens with zero attached hydrogens (tertiary/aromatic N) is 3. The van der Waals surface area contributed by atoms with E-state index < -0.39 is 0 Å². The number of thiophene rings is 1. The Balaban J connectivity index is 1.58. The van der Waals surface area contributed by atoms with Crippen molar-refractivity contribution in [2.24, 2.45) is 5.41 Å². The van der Waals surface area contributed by atoms with Crippen molar-refractivity contribution in [3.8, 4) is 0 Å². The summed E-state index contributed by atoms with van der Waals surface area (Å²) in [6, 6.07) is 2.25. The van der Waals surface area contributed by atoms with Gasteiger partial charge in [-0.1, -0.05) is 0 Å². The van der Waals surface area contributed by atoms with E-state index in [0.29, 0.717) is 5.41 Å². The highest BCUT2D eigenvalue weighted by molar-refractivity contribution is 7.07. The van der Waals surface area contributed by atoms with Gasteiger partial charge in [0.25, 0.3) is 0 Å². The molecule has 0 unspecified atom stereocenters. The highest BCUT2D eigenvalue weighted by atomic mass is 32.1. The molecule has 0 aromatic carbocycles. The average Bonchev–Trinajstić information content (AvgIpc) is 3.07. The summed E-state index contributed by atoms with van der Waals surface area (Å²) in [5, 5.41) is 4.45. The predicted octanol–water partition coefficient (Wildman–Crippen LogP) is 1.83. The molecule has 1 aromatic heterocycles. The van der Waals surface area contributed by atoms with Gasteiger partial charge >= 0.3 is 0 Å². The summed E-state index contributed by atoms with van der Waals surface area (Å²) in [5.41, 5.74) is 1.79. The van der Waals surface area contributed by atoms with Crippen molar-refractivity contribution >= 4 is 11.3 Å². The first kappa shape index (κ1) is 16.4. The van der Waals surface area contributed by atoms with Crippen molar-refractivity contribution < 1.29 is 4.74 Å². The van der Waals surface area contributed by atoms with Gasteiger partial charge in [0.15, 0.2) is 0 Å². The van der Waals surface area contributed by atoms with Crippen molar-refractivity contribution in [3.05, 3.63) is 22.4 Å². The maximum absolute atomic E-state index is 5.98. The second-order valence-corrected chi connectivity index (χ2v) is 8.00. The third kappa shape index (κ3) is 4.30. The Labute approximate surface area is 138 Å². The molecule has 124 valence electrons. The van der Waals surface area contributed by atoms with E-state index in [1.54, 1.807) is 11.3 Å². The number of rotatable bonds is 5. The molecule has 0 saturated carbocycles. The van der Waals surface area contributed by atoms with Gasteiger partial charge in [-0.05, 0) is 49.5 Å². The molecule has 0 radical (unpaired) electrons. The number of hydrogen-bond acceptors (Lipinski definition) is 5. The van der Waals surface area contributed by atoms with Gasteiger partial charge in [0.1, 0.15) is 0 Å². The Kier molecular flexibility index (Phi) is 5.52. The molecular formula is C17H29N3OS. The molecule has 5 heteroatoms. The molecule has 2 aliphatic rings. The molecule has 1 atom stereocenters. The molecule has 4 nitrogen and oxygen atoms in total. The SMILES string of the molecule is CN(C)CCN1CC[C@]2(COCCN(Cc3ccsc3)C2)C1. The van der Waals surface area contributed by atoms with Crippen LogP contribution in [0.1, 0.15) is 12.0 Å². The smallest absolute Gasteiger partial charge is 0.0593 e. The molecule has 1 aromatic rings. The lowest BCUT2D eigenvalue weighted by atomic mass is 9.87. The fourth-order valence-electron chi connectivity index (χ4n) is 3.66. The maximum atomic E-state index is 5.98. The normalized spacial score (nSPS) is 27.8. The molecule has 0 bridgehead atoms. The van der Waals surface area contributed by atoms with E-state index in [9.17, 15) is 0 Å². The molecule has 3 rings (SSSR count). The Morgan fingerprint density at radius 2 is 2.14 bits per heavy atom. The standard InChI is InChI=1S/C17H29N3OS/c1-18(2)6-7-19-5-4-17(13-19)14-20(8-9-21-15-17)11-16-3-10-22-12-16/h3,10,12H,4-9,11,13-15H2,1-2H3/t17-/m0/s1. The Morgan fingerprint density at radius 3 is 2.91 bits per heavy atom. The van der Waals surface area contributed by atoms with Gasteiger partial charge in [-0.3, -0.25) is 4.90 Å². The van der Waals surface area contributed by atoms with Crippen LogP contribution < -0.4 is 0 Å². The van der Waals surface area contributed by atoms with Gasteiger partial charge in [0, 0.05) is 44.7 Å². The van der Waals surface area contributed by atoms with Gasteiger partial charge in [0.2, 0.25) is 0 Å². The van der Waals surface area contributed by atoms with Crippen LogP contribution in [-0.4, -0.2) is 81.3 Å². The van der Waals surface area contributed by atoms with Crippen LogP contribution in [0.3, 0.4) is 0 Å². The summed E-state index contributed by atoms with van der Waals surface area (Å²) in [4.78, 5) is 7.50. The molecule has 2 saturated heterocycles. The van der Waals surface area contributed by atoms with Crippen LogP contribution in [0, 0.1) is 5.41 Å². The largest absolute Gasteiger partial charge is 0.379 e. The minimum atomic E-state index is 0.346. The predicted molar refractivity (Wildman–Crippen MR) is 92.5 cm³/mol. The van der Waals surface area contributed by atoms with Crippen LogP contribution in [-0.2, 0) is 11.3 Å². The highest BCUT2D eigenvalue weighted by Gasteiger charge is 2.40. The summed E-state index contributed by atoms with van der Waals surface area (Å²) < 4.78 is 5.98. The lowest BCUT2D eigenvalue weighted by Gasteiger charge is -2.32. The van der Waals surface area contributed by atoms with Crippen molar-refractivity contribution in [1.82, 2.24) is 14.7 Å². The number of ether oxygens (including phenoxy) is 1. The van der Waals surface area contributed by atoms with Gasteiger partial charge in [-0.25, -0.2) is 0 Å². The van der Waals surface area contributed by atoms with E-state index in [0.717, 1.165) is 32.8 Å². The van der Waals surface area contributed by atoms with E-state index in [-0.39, 0.29) is 0 Å². The molecular weight excluding hydrogens is 294 g/mol. The summed E-state index contributed by atoms with van der Waals surface area (Å²) in [6.45, 7) is 9.89. The summed E-state index contributed by atoms with van der Waals surface area (Å²) in [5.74, 6) is 0. The first-order chi connectivity index (χ1) is 10.7. The molecule has 2 fully saturated rings. The third-order valence-corrected chi connectivity index (χ3v) is 5.62.